The van der Waals surface area contributed by atoms with Crippen molar-refractivity contribution in [2.75, 3.05) is 0 Å². The van der Waals surface area contributed by atoms with Crippen LogP contribution in [0.25, 0.3) is 145 Å². The average molecular weight is 1230 g/mol. The minimum absolute atomic E-state index is 0. The third kappa shape index (κ3) is 10.7. The molecule has 0 unspecified atom stereocenters. The molecule has 0 amide bonds. The zero-order valence-electron chi connectivity index (χ0n) is 45.0. The second kappa shape index (κ2) is 23.5. The predicted molar refractivity (Wildman–Crippen MR) is 339 cm³/mol. The molecule has 0 aliphatic heterocycles. The van der Waals surface area contributed by atoms with Crippen molar-refractivity contribution in [3.05, 3.63) is 322 Å². The molecule has 0 atom stereocenters. The van der Waals surface area contributed by atoms with Crippen LogP contribution in [0.2, 0.25) is 0 Å². The first-order chi connectivity index (χ1) is 40.6. The average Bonchev–Trinajstić information content (AvgIpc) is 3.75. The summed E-state index contributed by atoms with van der Waals surface area (Å²) in [5.41, 5.74) is 25.1. The van der Waals surface area contributed by atoms with Gasteiger partial charge in [0.25, 0.3) is 0 Å². The molecule has 0 saturated heterocycles. The van der Waals surface area contributed by atoms with Crippen molar-refractivity contribution < 1.29 is 20.1 Å². The molecular formula is C79H50IrN3. The summed E-state index contributed by atoms with van der Waals surface area (Å²) in [5.74, 6) is 0. The van der Waals surface area contributed by atoms with Crippen molar-refractivity contribution in [1.82, 2.24) is 15.0 Å². The maximum atomic E-state index is 5.43. The first-order valence-electron chi connectivity index (χ1n) is 27.6. The molecule has 4 heteroatoms. The van der Waals surface area contributed by atoms with Crippen LogP contribution in [-0.2, 0) is 20.1 Å². The number of pyridine rings is 3. The number of aromatic nitrogens is 3. The number of nitrogens with zero attached hydrogens (tertiary/aromatic N) is 3. The van der Waals surface area contributed by atoms with Gasteiger partial charge >= 0.3 is 20.1 Å². The van der Waals surface area contributed by atoms with E-state index in [9.17, 15) is 0 Å². The molecule has 3 aromatic heterocycles. The van der Waals surface area contributed by atoms with Gasteiger partial charge in [-0.15, -0.1) is 83.4 Å². The van der Waals surface area contributed by atoms with Gasteiger partial charge in [-0.1, -0.05) is 251 Å². The van der Waals surface area contributed by atoms with Gasteiger partial charge < -0.3 is 9.97 Å². The number of hydrogen-bond donors (Lipinski definition) is 0. The molecule has 0 spiro atoms. The van der Waals surface area contributed by atoms with Crippen LogP contribution in [0.4, 0.5) is 0 Å². The minimum Gasteiger partial charge on any atom is -0.305 e. The molecule has 0 N–H and O–H groups in total. The standard InChI is InChI=1S/C79H50N3.Ir/c1-3-19-54(20-4-1)55-33-35-58(36-34-55)75-52-63(78-53-62-23-7-8-29-72(62)79(82-78)61-21-5-2-6-22-61)45-46-74(75)73-30-14-13-28-71(73)66-50-64(69-26-11-9-24-67(69)56-37-41-59(42-38-56)76-31-15-17-47-80-76)49-65(51-66)70-27-12-10-25-68(70)57-39-43-60(44-40-57)77-32-16-18-48-81-77;/h1-41,43,46-53H;/q-3;+3. The normalized spacial score (nSPS) is 11.0. The fraction of sp³-hybridized carbons (Fsp3) is 0. The van der Waals surface area contributed by atoms with E-state index in [-0.39, 0.29) is 20.1 Å². The Kier molecular flexibility index (Phi) is 14.8. The van der Waals surface area contributed by atoms with E-state index in [2.05, 4.69) is 283 Å². The summed E-state index contributed by atoms with van der Waals surface area (Å²) in [7, 11) is 0. The Morgan fingerprint density at radius 2 is 0.663 bits per heavy atom. The van der Waals surface area contributed by atoms with Crippen molar-refractivity contribution in [3.8, 4) is 134 Å². The summed E-state index contributed by atoms with van der Waals surface area (Å²) in [4.78, 5) is 14.6. The summed E-state index contributed by atoms with van der Waals surface area (Å²) in [5, 5.41) is 2.24. The molecule has 3 heterocycles. The Hall–Kier alpha value is -10.2. The molecule has 0 aliphatic rings. The van der Waals surface area contributed by atoms with E-state index in [0.717, 1.165) is 139 Å². The Bertz CT molecular complexity index is 4420. The Morgan fingerprint density at radius 3 is 1.18 bits per heavy atom. The van der Waals surface area contributed by atoms with E-state index in [1.807, 2.05) is 48.8 Å². The second-order valence-electron chi connectivity index (χ2n) is 20.4. The van der Waals surface area contributed by atoms with Crippen molar-refractivity contribution in [2.24, 2.45) is 0 Å². The topological polar surface area (TPSA) is 38.7 Å². The van der Waals surface area contributed by atoms with Gasteiger partial charge in [-0.25, -0.2) is 0 Å². The van der Waals surface area contributed by atoms with Gasteiger partial charge in [-0.05, 0) is 108 Å². The number of rotatable bonds is 12. The van der Waals surface area contributed by atoms with Crippen molar-refractivity contribution in [2.45, 2.75) is 0 Å². The van der Waals surface area contributed by atoms with E-state index in [0.29, 0.717) is 0 Å². The van der Waals surface area contributed by atoms with Crippen LogP contribution in [0, 0.1) is 18.2 Å². The molecule has 11 aromatic carbocycles. The van der Waals surface area contributed by atoms with Crippen LogP contribution in [0.3, 0.4) is 0 Å². The smallest absolute Gasteiger partial charge is 0.305 e. The van der Waals surface area contributed by atoms with Crippen LogP contribution in [0.5, 0.6) is 0 Å². The molecule has 83 heavy (non-hydrogen) atoms. The van der Waals surface area contributed by atoms with Gasteiger partial charge in [-0.3, -0.25) is 4.98 Å². The predicted octanol–water partition coefficient (Wildman–Crippen LogP) is 20.4. The van der Waals surface area contributed by atoms with Gasteiger partial charge in [0.1, 0.15) is 0 Å². The Morgan fingerprint density at radius 1 is 0.241 bits per heavy atom. The Labute approximate surface area is 498 Å². The number of hydrogen-bond acceptors (Lipinski definition) is 3. The zero-order chi connectivity index (χ0) is 54.6. The first kappa shape index (κ1) is 52.2. The molecule has 390 valence electrons. The molecule has 3 nitrogen and oxygen atoms in total. The third-order valence-corrected chi connectivity index (χ3v) is 15.4. The van der Waals surface area contributed by atoms with Crippen LogP contribution in [0.1, 0.15) is 0 Å². The van der Waals surface area contributed by atoms with E-state index in [4.69, 9.17) is 4.98 Å². The first-order valence-corrected chi connectivity index (χ1v) is 27.6. The van der Waals surface area contributed by atoms with Gasteiger partial charge in [0.05, 0.1) is 5.69 Å². The molecule has 0 bridgehead atoms. The van der Waals surface area contributed by atoms with Gasteiger partial charge in [-0.2, -0.15) is 0 Å². The summed E-state index contributed by atoms with van der Waals surface area (Å²) >= 11 is 0. The minimum atomic E-state index is 0. The molecule has 14 aromatic rings. The molecule has 14 rings (SSSR count). The van der Waals surface area contributed by atoms with Crippen LogP contribution in [-0.4, -0.2) is 15.0 Å². The fourth-order valence-corrected chi connectivity index (χ4v) is 11.3. The van der Waals surface area contributed by atoms with Gasteiger partial charge in [0.15, 0.2) is 0 Å². The molecule has 0 radical (unpaired) electrons. The van der Waals surface area contributed by atoms with Crippen molar-refractivity contribution >= 4 is 10.8 Å². The van der Waals surface area contributed by atoms with E-state index in [1.54, 1.807) is 0 Å². The maximum absolute atomic E-state index is 5.43. The van der Waals surface area contributed by atoms with E-state index >= 15 is 0 Å². The molecule has 0 aliphatic carbocycles. The number of fused-ring (bicyclic) bond motifs is 1. The fourth-order valence-electron chi connectivity index (χ4n) is 11.3. The van der Waals surface area contributed by atoms with E-state index in [1.165, 1.54) is 5.56 Å². The quantitative estimate of drug-likeness (QED) is 0.114. The summed E-state index contributed by atoms with van der Waals surface area (Å²) < 4.78 is 0. The molecule has 0 saturated carbocycles. The van der Waals surface area contributed by atoms with Gasteiger partial charge in [0, 0.05) is 17.8 Å². The summed E-state index contributed by atoms with van der Waals surface area (Å²) in [6, 6.07) is 114. The summed E-state index contributed by atoms with van der Waals surface area (Å²) in [6.07, 6.45) is 3.65. The summed E-state index contributed by atoms with van der Waals surface area (Å²) in [6.45, 7) is 0. The maximum Gasteiger partial charge on any atom is 3.00 e. The van der Waals surface area contributed by atoms with Crippen LogP contribution < -0.4 is 0 Å². The van der Waals surface area contributed by atoms with Crippen LogP contribution in [0.15, 0.2) is 304 Å². The zero-order valence-corrected chi connectivity index (χ0v) is 47.4. The van der Waals surface area contributed by atoms with E-state index < -0.39 is 0 Å². The third-order valence-electron chi connectivity index (χ3n) is 15.4. The van der Waals surface area contributed by atoms with Crippen LogP contribution >= 0.6 is 0 Å². The monoisotopic (exact) mass is 1230 g/mol. The largest absolute Gasteiger partial charge is 3.00 e. The second-order valence-corrected chi connectivity index (χ2v) is 20.4. The van der Waals surface area contributed by atoms with Crippen molar-refractivity contribution in [3.63, 3.8) is 0 Å². The molecular weight excluding hydrogens is 1180 g/mol. The number of benzene rings is 11. The van der Waals surface area contributed by atoms with Crippen molar-refractivity contribution in [1.29, 1.82) is 0 Å². The molecule has 0 fully saturated rings. The van der Waals surface area contributed by atoms with Gasteiger partial charge in [0.2, 0.25) is 0 Å². The SMILES string of the molecule is [Ir+3].[c-]1cc(-c2ccccc2-c2cc(-c3ccccc3-c3c[c-]c(-c4ccccn4)cc3)cc(-c3ccccc3-c3c[c-]c(-c4cc5ccccc5c(-c5ccccc5)n4)cc3-c3ccc(-c4ccccc4)cc3)c2)ccc1-c1ccccn1. The Balaban J connectivity index is 0.00000645.